The molecule has 4 heterocycles. The van der Waals surface area contributed by atoms with Crippen molar-refractivity contribution in [1.29, 1.82) is 0 Å². The minimum Gasteiger partial charge on any atom is -0.455 e. The van der Waals surface area contributed by atoms with Crippen molar-refractivity contribution >= 4 is 23.7 Å². The maximum absolute atomic E-state index is 14.4. The lowest BCUT2D eigenvalue weighted by atomic mass is 9.77. The van der Waals surface area contributed by atoms with Crippen LogP contribution in [0.15, 0.2) is 54.6 Å². The third-order valence-corrected chi connectivity index (χ3v) is 9.23. The standard InChI is InChI=1S/C34H45N3O8/c1-3-4-10-18-36-19-11-17-34-28(31(40)37(20-12-21-38)30(34)32(36)41)27-25(45-34)15-8-9-16-26(39)35-24(22-43-2)29(44-33(27)42)23-13-6-5-7-14-23/h5-8,11,13-15,17,24-25,27-30,38H,3-4,9-10,12,16,18-22H2,1-2H3,(H,35,39)/b15-8-/t24-,25-,27+,28+,29-,30-,34+/m0/s1. The lowest BCUT2D eigenvalue weighted by molar-refractivity contribution is -0.162. The van der Waals surface area contributed by atoms with Gasteiger partial charge in [0.25, 0.3) is 0 Å². The first-order valence-corrected chi connectivity index (χ1v) is 16.1. The molecule has 0 bridgehead atoms. The maximum Gasteiger partial charge on any atom is 0.313 e. The van der Waals surface area contributed by atoms with Crippen LogP contribution in [-0.2, 0) is 33.4 Å². The van der Waals surface area contributed by atoms with Crippen LogP contribution in [0.1, 0.15) is 57.1 Å². The molecule has 45 heavy (non-hydrogen) atoms. The summed E-state index contributed by atoms with van der Waals surface area (Å²) in [5.74, 6) is -3.54. The number of hydrogen-bond donors (Lipinski definition) is 2. The molecule has 1 aromatic rings. The average Bonchev–Trinajstić information content (AvgIpc) is 3.42. The van der Waals surface area contributed by atoms with Gasteiger partial charge in [0.1, 0.15) is 23.7 Å². The Balaban J connectivity index is 1.57. The quantitative estimate of drug-likeness (QED) is 0.230. The number of esters is 1. The number of likely N-dealkylation sites (tertiary alicyclic amines) is 1. The van der Waals surface area contributed by atoms with E-state index in [-0.39, 0.29) is 50.3 Å². The molecular weight excluding hydrogens is 578 g/mol. The molecule has 0 saturated carbocycles. The number of carbonyl (C=O) groups excluding carboxylic acids is 4. The van der Waals surface area contributed by atoms with E-state index >= 15 is 0 Å². The van der Waals surface area contributed by atoms with Crippen LogP contribution in [0.25, 0.3) is 0 Å². The topological polar surface area (TPSA) is 135 Å². The number of benzene rings is 1. The SMILES string of the molecule is CCCCCN1CC=C[C@@]23O[C@H]4/C=C\CCC(=O)N[C@@H](COC)[C@H](c5ccccc5)OC(=O)[C@H]4[C@@H]2C(=O)N(CCCO)[C@H]3C1=O. The van der Waals surface area contributed by atoms with Crippen molar-refractivity contribution in [2.75, 3.05) is 40.0 Å². The van der Waals surface area contributed by atoms with Crippen molar-refractivity contribution in [2.24, 2.45) is 11.8 Å². The molecule has 1 spiro atoms. The Kier molecular flexibility index (Phi) is 10.7. The van der Waals surface area contributed by atoms with Gasteiger partial charge in [0.05, 0.1) is 24.7 Å². The number of aliphatic hydroxyl groups is 1. The van der Waals surface area contributed by atoms with Crippen molar-refractivity contribution < 1.29 is 38.5 Å². The van der Waals surface area contributed by atoms with Crippen LogP contribution in [0.3, 0.4) is 0 Å². The molecule has 4 aliphatic rings. The summed E-state index contributed by atoms with van der Waals surface area (Å²) in [6.45, 7) is 3.11. The van der Waals surface area contributed by atoms with Crippen LogP contribution in [0, 0.1) is 11.8 Å². The Bertz CT molecular complexity index is 1290. The second kappa shape index (κ2) is 14.7. The fourth-order valence-corrected chi connectivity index (χ4v) is 7.17. The molecule has 244 valence electrons. The molecule has 0 unspecified atom stereocenters. The summed E-state index contributed by atoms with van der Waals surface area (Å²) in [5.41, 5.74) is -0.733. The first-order chi connectivity index (χ1) is 21.9. The molecule has 0 radical (unpaired) electrons. The summed E-state index contributed by atoms with van der Waals surface area (Å²) in [6.07, 6.45) is 9.09. The highest BCUT2D eigenvalue weighted by atomic mass is 16.6. The maximum atomic E-state index is 14.4. The zero-order valence-corrected chi connectivity index (χ0v) is 26.1. The van der Waals surface area contributed by atoms with Gasteiger partial charge in [0, 0.05) is 39.8 Å². The lowest BCUT2D eigenvalue weighted by Gasteiger charge is -2.35. The van der Waals surface area contributed by atoms with E-state index in [0.29, 0.717) is 25.1 Å². The Morgan fingerprint density at radius 3 is 2.58 bits per heavy atom. The molecule has 11 heteroatoms. The van der Waals surface area contributed by atoms with Gasteiger partial charge in [-0.15, -0.1) is 0 Å². The molecule has 3 amide bonds. The highest BCUT2D eigenvalue weighted by Crippen LogP contribution is 2.53. The fourth-order valence-electron chi connectivity index (χ4n) is 7.17. The van der Waals surface area contributed by atoms with E-state index in [1.165, 1.54) is 12.0 Å². The van der Waals surface area contributed by atoms with Gasteiger partial charge in [-0.3, -0.25) is 19.2 Å². The van der Waals surface area contributed by atoms with Gasteiger partial charge in [-0.2, -0.15) is 0 Å². The largest absolute Gasteiger partial charge is 0.455 e. The number of rotatable bonds is 10. The third-order valence-electron chi connectivity index (χ3n) is 9.23. The summed E-state index contributed by atoms with van der Waals surface area (Å²) in [4.78, 5) is 59.2. The molecule has 0 aromatic heterocycles. The van der Waals surface area contributed by atoms with Crippen molar-refractivity contribution in [3.8, 4) is 0 Å². The normalized spacial score (nSPS) is 32.5. The Morgan fingerprint density at radius 2 is 1.84 bits per heavy atom. The molecule has 2 N–H and O–H groups in total. The highest BCUT2D eigenvalue weighted by Gasteiger charge is 2.71. The zero-order chi connectivity index (χ0) is 32.0. The molecule has 7 atom stereocenters. The molecule has 11 nitrogen and oxygen atoms in total. The third kappa shape index (κ3) is 6.57. The first kappa shape index (κ1) is 32.8. The van der Waals surface area contributed by atoms with Crippen LogP contribution in [0.4, 0.5) is 0 Å². The predicted molar refractivity (Wildman–Crippen MR) is 164 cm³/mol. The van der Waals surface area contributed by atoms with Crippen LogP contribution < -0.4 is 5.32 Å². The van der Waals surface area contributed by atoms with Crippen molar-refractivity contribution in [1.82, 2.24) is 15.1 Å². The van der Waals surface area contributed by atoms with E-state index in [9.17, 15) is 24.3 Å². The second-order valence-corrected chi connectivity index (χ2v) is 12.2. The van der Waals surface area contributed by atoms with Gasteiger partial charge in [0.2, 0.25) is 17.7 Å². The predicted octanol–water partition coefficient (Wildman–Crippen LogP) is 2.30. The monoisotopic (exact) mass is 623 g/mol. The number of amides is 3. The van der Waals surface area contributed by atoms with E-state index in [4.69, 9.17) is 14.2 Å². The van der Waals surface area contributed by atoms with Crippen molar-refractivity contribution in [2.45, 2.75) is 75.3 Å². The minimum atomic E-state index is -1.40. The molecule has 4 aliphatic heterocycles. The summed E-state index contributed by atoms with van der Waals surface area (Å²) in [7, 11) is 1.51. The Hall–Kier alpha value is -3.54. The molecular formula is C34H45N3O8. The number of carbonyl (C=O) groups is 4. The molecule has 5 rings (SSSR count). The number of aliphatic hydroxyl groups excluding tert-OH is 1. The number of unbranched alkanes of at least 4 members (excludes halogenated alkanes) is 2. The van der Waals surface area contributed by atoms with Crippen LogP contribution in [0.5, 0.6) is 0 Å². The number of ether oxygens (including phenoxy) is 3. The molecule has 0 aliphatic carbocycles. The van der Waals surface area contributed by atoms with Gasteiger partial charge >= 0.3 is 5.97 Å². The van der Waals surface area contributed by atoms with Crippen LogP contribution in [0.2, 0.25) is 0 Å². The van der Waals surface area contributed by atoms with Gasteiger partial charge in [0.15, 0.2) is 0 Å². The Labute approximate surface area is 264 Å². The number of cyclic esters (lactones) is 1. The van der Waals surface area contributed by atoms with Crippen LogP contribution in [-0.4, -0.2) is 102 Å². The molecule has 1 aromatic carbocycles. The van der Waals surface area contributed by atoms with Gasteiger partial charge in [-0.05, 0) is 24.8 Å². The number of hydrogen-bond acceptors (Lipinski definition) is 8. The van der Waals surface area contributed by atoms with Crippen molar-refractivity contribution in [3.05, 3.63) is 60.2 Å². The van der Waals surface area contributed by atoms with E-state index in [0.717, 1.165) is 19.3 Å². The zero-order valence-electron chi connectivity index (χ0n) is 26.1. The lowest BCUT2D eigenvalue weighted by Crippen LogP contribution is -2.55. The van der Waals surface area contributed by atoms with Gasteiger partial charge in [-0.1, -0.05) is 74.4 Å². The Morgan fingerprint density at radius 1 is 1.04 bits per heavy atom. The van der Waals surface area contributed by atoms with E-state index in [2.05, 4.69) is 12.2 Å². The van der Waals surface area contributed by atoms with E-state index in [1.807, 2.05) is 36.4 Å². The summed E-state index contributed by atoms with van der Waals surface area (Å²) >= 11 is 0. The highest BCUT2D eigenvalue weighted by molar-refractivity contribution is 5.99. The van der Waals surface area contributed by atoms with Gasteiger partial charge < -0.3 is 34.4 Å². The number of nitrogens with one attached hydrogen (secondary N) is 1. The number of fused-ring (bicyclic) bond motifs is 2. The number of allylic oxidation sites excluding steroid dienone is 1. The second-order valence-electron chi connectivity index (χ2n) is 12.2. The molecule has 2 saturated heterocycles. The number of nitrogens with zero attached hydrogens (tertiary/aromatic N) is 2. The average molecular weight is 624 g/mol. The summed E-state index contributed by atoms with van der Waals surface area (Å²) in [5, 5.41) is 12.6. The molecule has 2 fully saturated rings. The van der Waals surface area contributed by atoms with Crippen LogP contribution >= 0.6 is 0 Å². The summed E-state index contributed by atoms with van der Waals surface area (Å²) in [6, 6.07) is 7.45. The number of methoxy groups -OCH3 is 1. The first-order valence-electron chi connectivity index (χ1n) is 16.1. The van der Waals surface area contributed by atoms with Gasteiger partial charge in [-0.25, -0.2) is 0 Å². The minimum absolute atomic E-state index is 0.0907. The van der Waals surface area contributed by atoms with E-state index < -0.39 is 47.7 Å². The fraction of sp³-hybridized carbons (Fsp3) is 0.588. The van der Waals surface area contributed by atoms with E-state index in [1.54, 1.807) is 23.1 Å². The van der Waals surface area contributed by atoms with Crippen molar-refractivity contribution in [3.63, 3.8) is 0 Å². The summed E-state index contributed by atoms with van der Waals surface area (Å²) < 4.78 is 18.4. The smallest absolute Gasteiger partial charge is 0.313 e.